The van der Waals surface area contributed by atoms with Crippen LogP contribution >= 0.6 is 0 Å². The first-order chi connectivity index (χ1) is 16.9. The fourth-order valence-electron chi connectivity index (χ4n) is 5.65. The molecule has 0 aliphatic heterocycles. The molecule has 2 aliphatic rings. The fourth-order valence-corrected chi connectivity index (χ4v) is 5.65. The number of hydrogen-bond acceptors (Lipinski definition) is 7. The Morgan fingerprint density at radius 2 is 1.86 bits per heavy atom. The van der Waals surface area contributed by atoms with Crippen molar-refractivity contribution in [2.75, 3.05) is 12.8 Å². The van der Waals surface area contributed by atoms with E-state index >= 15 is 0 Å². The van der Waals surface area contributed by atoms with E-state index in [0.29, 0.717) is 24.1 Å². The van der Waals surface area contributed by atoms with Gasteiger partial charge in [0.2, 0.25) is 0 Å². The summed E-state index contributed by atoms with van der Waals surface area (Å²) >= 11 is 0. The van der Waals surface area contributed by atoms with Crippen LogP contribution in [0.4, 0.5) is 5.82 Å². The minimum absolute atomic E-state index is 0.100. The smallest absolute Gasteiger partial charge is 0.306 e. The van der Waals surface area contributed by atoms with Gasteiger partial charge in [0.1, 0.15) is 24.9 Å². The number of esters is 1. The first-order valence-corrected chi connectivity index (χ1v) is 12.7. The Kier molecular flexibility index (Phi) is 6.95. The molecule has 0 atom stereocenters. The molecule has 0 saturated heterocycles. The molecule has 0 unspecified atom stereocenters. The van der Waals surface area contributed by atoms with E-state index in [0.717, 1.165) is 64.9 Å². The van der Waals surface area contributed by atoms with Gasteiger partial charge in [-0.3, -0.25) is 4.79 Å². The van der Waals surface area contributed by atoms with Crippen molar-refractivity contribution in [2.24, 2.45) is 17.0 Å². The number of allylic oxidation sites excluding steroid dienone is 1. The van der Waals surface area contributed by atoms with Crippen molar-refractivity contribution in [1.82, 2.24) is 9.97 Å². The SMILES string of the molecule is C=C(c1ccc2c(c1)C(=NOC)C(C)(C)c1c(N)ncnc1-2)[C@H]1CC[C@H](CC(=O)OC(C)(C)C)CC1. The summed E-state index contributed by atoms with van der Waals surface area (Å²) in [5.41, 5.74) is 12.0. The molecule has 1 aromatic carbocycles. The predicted molar refractivity (Wildman–Crippen MR) is 143 cm³/mol. The summed E-state index contributed by atoms with van der Waals surface area (Å²) in [5.74, 6) is 1.10. The van der Waals surface area contributed by atoms with E-state index in [9.17, 15) is 4.79 Å². The Labute approximate surface area is 214 Å². The lowest BCUT2D eigenvalue weighted by Gasteiger charge is -2.35. The van der Waals surface area contributed by atoms with E-state index < -0.39 is 11.0 Å². The highest BCUT2D eigenvalue weighted by molar-refractivity contribution is 6.15. The van der Waals surface area contributed by atoms with E-state index in [2.05, 4.69) is 53.7 Å². The van der Waals surface area contributed by atoms with Gasteiger partial charge in [-0.25, -0.2) is 9.97 Å². The van der Waals surface area contributed by atoms with Crippen LogP contribution in [0.15, 0.2) is 36.3 Å². The lowest BCUT2D eigenvalue weighted by molar-refractivity contribution is -0.156. The molecular formula is C29H38N4O3. The molecule has 0 amide bonds. The van der Waals surface area contributed by atoms with Crippen LogP contribution in [0.25, 0.3) is 16.8 Å². The second kappa shape index (κ2) is 9.68. The molecule has 7 nitrogen and oxygen atoms in total. The average molecular weight is 491 g/mol. The van der Waals surface area contributed by atoms with Crippen LogP contribution in [-0.2, 0) is 19.8 Å². The van der Waals surface area contributed by atoms with Gasteiger partial charge in [-0.1, -0.05) is 23.9 Å². The molecular weight excluding hydrogens is 452 g/mol. The maximum Gasteiger partial charge on any atom is 0.306 e. The molecule has 36 heavy (non-hydrogen) atoms. The highest BCUT2D eigenvalue weighted by Gasteiger charge is 2.41. The van der Waals surface area contributed by atoms with Gasteiger partial charge in [-0.05, 0) is 89.3 Å². The molecule has 0 radical (unpaired) electrons. The molecule has 0 spiro atoms. The third kappa shape index (κ3) is 5.01. The zero-order chi connectivity index (χ0) is 26.3. The second-order valence-corrected chi connectivity index (χ2v) is 11.5. The minimum Gasteiger partial charge on any atom is -0.460 e. The molecule has 2 aliphatic carbocycles. The van der Waals surface area contributed by atoms with Gasteiger partial charge in [0.05, 0.1) is 11.4 Å². The van der Waals surface area contributed by atoms with E-state index in [1.807, 2.05) is 20.8 Å². The third-order valence-electron chi connectivity index (χ3n) is 7.39. The van der Waals surface area contributed by atoms with Crippen LogP contribution < -0.4 is 5.73 Å². The number of oxime groups is 1. The number of nitrogens with zero attached hydrogens (tertiary/aromatic N) is 3. The summed E-state index contributed by atoms with van der Waals surface area (Å²) in [6.07, 6.45) is 6.03. The topological polar surface area (TPSA) is 99.7 Å². The Hall–Kier alpha value is -3.22. The molecule has 7 heteroatoms. The van der Waals surface area contributed by atoms with Gasteiger partial charge in [-0.15, -0.1) is 0 Å². The standard InChI is InChI=1S/C29H38N4O3/c1-17(19-10-8-18(9-11-19)14-23(34)36-28(2,3)4)20-12-13-21-22(15-20)26(33-35-7)29(5,6)24-25(21)31-16-32-27(24)30/h12-13,15-16,18-19H,1,8-11,14H2,2-7H3,(H2,30,31,32)/t18-,19-. The lowest BCUT2D eigenvalue weighted by atomic mass is 9.69. The second-order valence-electron chi connectivity index (χ2n) is 11.5. The number of carbonyl (C=O) groups is 1. The van der Waals surface area contributed by atoms with E-state index in [-0.39, 0.29) is 5.97 Å². The van der Waals surface area contributed by atoms with Crippen molar-refractivity contribution in [2.45, 2.75) is 77.7 Å². The summed E-state index contributed by atoms with van der Waals surface area (Å²) in [7, 11) is 1.56. The van der Waals surface area contributed by atoms with Gasteiger partial charge < -0.3 is 15.3 Å². The molecule has 1 aromatic heterocycles. The average Bonchev–Trinajstić information content (AvgIpc) is 2.80. The summed E-state index contributed by atoms with van der Waals surface area (Å²) in [6, 6.07) is 6.35. The molecule has 1 saturated carbocycles. The zero-order valence-corrected chi connectivity index (χ0v) is 22.4. The van der Waals surface area contributed by atoms with Crippen LogP contribution in [0.2, 0.25) is 0 Å². The van der Waals surface area contributed by atoms with Crippen molar-refractivity contribution in [3.8, 4) is 11.3 Å². The fraction of sp³-hybridized carbons (Fsp3) is 0.517. The van der Waals surface area contributed by atoms with Crippen LogP contribution in [0.1, 0.15) is 83.4 Å². The summed E-state index contributed by atoms with van der Waals surface area (Å²) in [5, 5.41) is 4.43. The molecule has 4 rings (SSSR count). The normalized spacial score (nSPS) is 21.9. The Morgan fingerprint density at radius 3 is 2.50 bits per heavy atom. The lowest BCUT2D eigenvalue weighted by Crippen LogP contribution is -2.36. The van der Waals surface area contributed by atoms with Gasteiger partial charge in [0.25, 0.3) is 0 Å². The van der Waals surface area contributed by atoms with Gasteiger partial charge in [0.15, 0.2) is 0 Å². The number of fused-ring (bicyclic) bond motifs is 3. The molecule has 1 heterocycles. The van der Waals surface area contributed by atoms with Crippen molar-refractivity contribution >= 4 is 23.1 Å². The molecule has 2 N–H and O–H groups in total. The zero-order valence-electron chi connectivity index (χ0n) is 22.4. The number of carbonyl (C=O) groups excluding carboxylic acids is 1. The summed E-state index contributed by atoms with van der Waals surface area (Å²) < 4.78 is 5.52. The quantitative estimate of drug-likeness (QED) is 0.413. The van der Waals surface area contributed by atoms with Gasteiger partial charge in [-0.2, -0.15) is 0 Å². The third-order valence-corrected chi connectivity index (χ3v) is 7.39. The monoisotopic (exact) mass is 490 g/mol. The van der Waals surface area contributed by atoms with Crippen molar-refractivity contribution in [3.05, 3.63) is 47.8 Å². The number of hydrogen-bond donors (Lipinski definition) is 1. The highest BCUT2D eigenvalue weighted by Crippen LogP contribution is 2.46. The number of anilines is 1. The van der Waals surface area contributed by atoms with Crippen molar-refractivity contribution in [3.63, 3.8) is 0 Å². The van der Waals surface area contributed by atoms with Crippen molar-refractivity contribution in [1.29, 1.82) is 0 Å². The van der Waals surface area contributed by atoms with Crippen LogP contribution in [0.5, 0.6) is 0 Å². The van der Waals surface area contributed by atoms with Crippen molar-refractivity contribution < 1.29 is 14.4 Å². The summed E-state index contributed by atoms with van der Waals surface area (Å²) in [4.78, 5) is 26.3. The van der Waals surface area contributed by atoms with Crippen LogP contribution in [0.3, 0.4) is 0 Å². The van der Waals surface area contributed by atoms with Crippen LogP contribution in [-0.4, -0.2) is 34.4 Å². The molecule has 192 valence electrons. The summed E-state index contributed by atoms with van der Waals surface area (Å²) in [6.45, 7) is 14.4. The number of aromatic nitrogens is 2. The van der Waals surface area contributed by atoms with Gasteiger partial charge in [0, 0.05) is 28.5 Å². The van der Waals surface area contributed by atoms with Gasteiger partial charge >= 0.3 is 5.97 Å². The van der Waals surface area contributed by atoms with Crippen LogP contribution in [0, 0.1) is 11.8 Å². The number of benzene rings is 1. The Morgan fingerprint density at radius 1 is 1.17 bits per heavy atom. The molecule has 1 fully saturated rings. The number of nitrogen functional groups attached to an aromatic ring is 1. The highest BCUT2D eigenvalue weighted by atomic mass is 16.6. The van der Waals surface area contributed by atoms with E-state index in [4.69, 9.17) is 15.3 Å². The number of ether oxygens (including phenoxy) is 1. The Balaban J connectivity index is 1.56. The maximum atomic E-state index is 12.3. The Bertz CT molecular complexity index is 1200. The number of rotatable bonds is 5. The first-order valence-electron chi connectivity index (χ1n) is 12.7. The van der Waals surface area contributed by atoms with E-state index in [1.54, 1.807) is 7.11 Å². The largest absolute Gasteiger partial charge is 0.460 e. The number of nitrogens with two attached hydrogens (primary N) is 1. The molecule has 2 aromatic rings. The predicted octanol–water partition coefficient (Wildman–Crippen LogP) is 5.92. The van der Waals surface area contributed by atoms with E-state index in [1.165, 1.54) is 6.33 Å². The molecule has 0 bridgehead atoms. The first kappa shape index (κ1) is 25.9. The minimum atomic E-state index is -0.524. The maximum absolute atomic E-state index is 12.3.